The number of hydrazone groups is 1. The van der Waals surface area contributed by atoms with Gasteiger partial charge < -0.3 is 9.47 Å². The van der Waals surface area contributed by atoms with Crippen molar-refractivity contribution in [1.29, 1.82) is 0 Å². The molecule has 0 unspecified atom stereocenters. The molecule has 3 rings (SSSR count). The van der Waals surface area contributed by atoms with Crippen molar-refractivity contribution in [2.75, 3.05) is 6.61 Å². The first-order chi connectivity index (χ1) is 14.9. The summed E-state index contributed by atoms with van der Waals surface area (Å²) >= 11 is 12.1. The van der Waals surface area contributed by atoms with Crippen molar-refractivity contribution in [3.63, 3.8) is 0 Å². The highest BCUT2D eigenvalue weighted by Gasteiger charge is 2.06. The summed E-state index contributed by atoms with van der Waals surface area (Å²) in [7, 11) is 0. The summed E-state index contributed by atoms with van der Waals surface area (Å²) in [5.41, 5.74) is 6.09. The highest BCUT2D eigenvalue weighted by atomic mass is 35.5. The Balaban J connectivity index is 1.46. The van der Waals surface area contributed by atoms with Crippen LogP contribution in [0.15, 0.2) is 65.8 Å². The van der Waals surface area contributed by atoms with Gasteiger partial charge in [-0.15, -0.1) is 0 Å². The number of ether oxygens (including phenoxy) is 2. The summed E-state index contributed by atoms with van der Waals surface area (Å²) in [6, 6.07) is 18.4. The molecule has 0 fully saturated rings. The Morgan fingerprint density at radius 1 is 1.00 bits per heavy atom. The van der Waals surface area contributed by atoms with Gasteiger partial charge in [0.05, 0.1) is 6.21 Å². The number of nitrogens with one attached hydrogen (secondary N) is 1. The van der Waals surface area contributed by atoms with Gasteiger partial charge in [0.25, 0.3) is 5.91 Å². The number of rotatable bonds is 8. The number of halogens is 2. The molecule has 0 saturated carbocycles. The Morgan fingerprint density at radius 3 is 2.39 bits per heavy atom. The monoisotopic (exact) mass is 456 g/mol. The van der Waals surface area contributed by atoms with Gasteiger partial charge >= 0.3 is 0 Å². The first-order valence-corrected chi connectivity index (χ1v) is 10.4. The zero-order chi connectivity index (χ0) is 22.2. The van der Waals surface area contributed by atoms with Crippen molar-refractivity contribution < 1.29 is 14.3 Å². The van der Waals surface area contributed by atoms with Crippen LogP contribution < -0.4 is 14.9 Å². The minimum Gasteiger partial charge on any atom is -0.489 e. The van der Waals surface area contributed by atoms with Gasteiger partial charge in [0, 0.05) is 15.6 Å². The van der Waals surface area contributed by atoms with E-state index in [0.29, 0.717) is 22.4 Å². The van der Waals surface area contributed by atoms with Gasteiger partial charge in [-0.05, 0) is 66.9 Å². The van der Waals surface area contributed by atoms with E-state index in [-0.39, 0.29) is 12.5 Å². The zero-order valence-corrected chi connectivity index (χ0v) is 18.7. The average molecular weight is 457 g/mol. The topological polar surface area (TPSA) is 59.9 Å². The molecule has 3 aromatic carbocycles. The highest BCUT2D eigenvalue weighted by Crippen LogP contribution is 2.23. The number of hydrogen-bond donors (Lipinski definition) is 1. The Hall–Kier alpha value is -3.02. The molecule has 0 aromatic heterocycles. The summed E-state index contributed by atoms with van der Waals surface area (Å²) in [4.78, 5) is 12.0. The van der Waals surface area contributed by atoms with Crippen LogP contribution in [0.4, 0.5) is 0 Å². The molecule has 0 atom stereocenters. The van der Waals surface area contributed by atoms with Crippen molar-refractivity contribution in [3.05, 3.63) is 93.0 Å². The van der Waals surface area contributed by atoms with Crippen LogP contribution in [0.3, 0.4) is 0 Å². The van der Waals surface area contributed by atoms with Gasteiger partial charge in [-0.1, -0.05) is 47.5 Å². The molecular formula is C24H22Cl2N2O3. The quantitative estimate of drug-likeness (QED) is 0.348. The fraction of sp³-hybridized carbons (Fsp3) is 0.167. The van der Waals surface area contributed by atoms with Crippen LogP contribution in [-0.4, -0.2) is 18.7 Å². The van der Waals surface area contributed by atoms with Crippen molar-refractivity contribution in [1.82, 2.24) is 5.43 Å². The normalized spacial score (nSPS) is 10.8. The van der Waals surface area contributed by atoms with Crippen molar-refractivity contribution >= 4 is 35.3 Å². The lowest BCUT2D eigenvalue weighted by Crippen LogP contribution is -2.25. The van der Waals surface area contributed by atoms with E-state index in [9.17, 15) is 4.79 Å². The molecule has 0 bridgehead atoms. The standard InChI is InChI=1S/C24H22Cl2N2O3/c1-16-4-3-5-17(2)24(16)31-15-23(29)28-27-13-18-6-10-21(11-7-18)30-14-19-8-9-20(25)12-22(19)26/h3-13H,14-15H2,1-2H3,(H,28,29)/b27-13-. The number of carbonyl (C=O) groups excluding carboxylic acids is 1. The van der Waals surface area contributed by atoms with Crippen LogP contribution >= 0.6 is 23.2 Å². The molecule has 31 heavy (non-hydrogen) atoms. The second-order valence-corrected chi connectivity index (χ2v) is 7.74. The van der Waals surface area contributed by atoms with E-state index in [1.807, 2.05) is 62.4 Å². The van der Waals surface area contributed by atoms with E-state index < -0.39 is 0 Å². The molecule has 5 nitrogen and oxygen atoms in total. The van der Waals surface area contributed by atoms with Crippen molar-refractivity contribution in [3.8, 4) is 11.5 Å². The van der Waals surface area contributed by atoms with Gasteiger partial charge in [-0.2, -0.15) is 5.10 Å². The Kier molecular flexibility index (Phi) is 7.93. The third-order valence-electron chi connectivity index (χ3n) is 4.45. The molecule has 160 valence electrons. The Labute approximate surface area is 191 Å². The molecule has 0 aliphatic rings. The molecule has 0 aliphatic heterocycles. The number of hydrogen-bond acceptors (Lipinski definition) is 4. The second-order valence-electron chi connectivity index (χ2n) is 6.90. The smallest absolute Gasteiger partial charge is 0.277 e. The van der Waals surface area contributed by atoms with Crippen LogP contribution in [0.1, 0.15) is 22.3 Å². The lowest BCUT2D eigenvalue weighted by Gasteiger charge is -2.10. The molecule has 3 aromatic rings. The molecule has 1 amide bonds. The molecule has 0 radical (unpaired) electrons. The number of benzene rings is 3. The summed E-state index contributed by atoms with van der Waals surface area (Å²) < 4.78 is 11.4. The molecular weight excluding hydrogens is 435 g/mol. The molecule has 0 saturated heterocycles. The van der Waals surface area contributed by atoms with Gasteiger partial charge in [-0.3, -0.25) is 4.79 Å². The SMILES string of the molecule is Cc1cccc(C)c1OCC(=O)N/N=C\c1ccc(OCc2ccc(Cl)cc2Cl)cc1. The maximum Gasteiger partial charge on any atom is 0.277 e. The largest absolute Gasteiger partial charge is 0.489 e. The first-order valence-electron chi connectivity index (χ1n) is 9.60. The Morgan fingerprint density at radius 2 is 1.71 bits per heavy atom. The van der Waals surface area contributed by atoms with E-state index in [0.717, 1.165) is 28.0 Å². The molecule has 0 spiro atoms. The number of nitrogens with zero attached hydrogens (tertiary/aromatic N) is 1. The zero-order valence-electron chi connectivity index (χ0n) is 17.2. The van der Waals surface area contributed by atoms with Gasteiger partial charge in [0.1, 0.15) is 18.1 Å². The predicted molar refractivity (Wildman–Crippen MR) is 124 cm³/mol. The van der Waals surface area contributed by atoms with Crippen LogP contribution in [-0.2, 0) is 11.4 Å². The summed E-state index contributed by atoms with van der Waals surface area (Å²) in [6.45, 7) is 4.11. The van der Waals surface area contributed by atoms with Crippen molar-refractivity contribution in [2.24, 2.45) is 5.10 Å². The summed E-state index contributed by atoms with van der Waals surface area (Å²) in [5.74, 6) is 1.07. The third kappa shape index (κ3) is 6.74. The first kappa shape index (κ1) is 22.7. The number of para-hydroxylation sites is 1. The van der Waals surface area contributed by atoms with E-state index in [1.165, 1.54) is 0 Å². The van der Waals surface area contributed by atoms with Gasteiger partial charge in [-0.25, -0.2) is 5.43 Å². The number of amides is 1. The fourth-order valence-corrected chi connectivity index (χ4v) is 3.29. The third-order valence-corrected chi connectivity index (χ3v) is 5.04. The average Bonchev–Trinajstić information content (AvgIpc) is 2.74. The van der Waals surface area contributed by atoms with Crippen LogP contribution in [0, 0.1) is 13.8 Å². The van der Waals surface area contributed by atoms with Crippen LogP contribution in [0.5, 0.6) is 11.5 Å². The maximum absolute atomic E-state index is 12.0. The minimum atomic E-state index is -0.335. The van der Waals surface area contributed by atoms with E-state index in [4.69, 9.17) is 32.7 Å². The van der Waals surface area contributed by atoms with E-state index >= 15 is 0 Å². The lowest BCUT2D eigenvalue weighted by atomic mass is 10.1. The number of aryl methyl sites for hydroxylation is 2. The second kappa shape index (κ2) is 10.8. The maximum atomic E-state index is 12.0. The lowest BCUT2D eigenvalue weighted by molar-refractivity contribution is -0.123. The number of carbonyl (C=O) groups is 1. The molecule has 0 aliphatic carbocycles. The highest BCUT2D eigenvalue weighted by molar-refractivity contribution is 6.35. The summed E-state index contributed by atoms with van der Waals surface area (Å²) in [6.07, 6.45) is 1.55. The predicted octanol–water partition coefficient (Wildman–Crippen LogP) is 5.72. The van der Waals surface area contributed by atoms with Gasteiger partial charge in [0.15, 0.2) is 6.61 Å². The fourth-order valence-electron chi connectivity index (χ4n) is 2.83. The Bertz CT molecular complexity index is 1060. The summed E-state index contributed by atoms with van der Waals surface area (Å²) in [5, 5.41) is 5.11. The van der Waals surface area contributed by atoms with Crippen LogP contribution in [0.25, 0.3) is 0 Å². The van der Waals surface area contributed by atoms with Crippen LogP contribution in [0.2, 0.25) is 10.0 Å². The minimum absolute atomic E-state index is 0.108. The molecule has 7 heteroatoms. The van der Waals surface area contributed by atoms with Gasteiger partial charge in [0.2, 0.25) is 0 Å². The van der Waals surface area contributed by atoms with E-state index in [2.05, 4.69) is 10.5 Å². The van der Waals surface area contributed by atoms with Crippen molar-refractivity contribution in [2.45, 2.75) is 20.5 Å². The molecule has 1 N–H and O–H groups in total. The molecule has 0 heterocycles. The van der Waals surface area contributed by atoms with E-state index in [1.54, 1.807) is 18.3 Å².